The zero-order valence-electron chi connectivity index (χ0n) is 11.3. The van der Waals surface area contributed by atoms with E-state index in [9.17, 15) is 4.79 Å². The number of aromatic nitrogens is 2. The van der Waals surface area contributed by atoms with E-state index in [1.165, 1.54) is 5.56 Å². The fraction of sp³-hybridized carbons (Fsp3) is 0.357. The number of aryl methyl sites for hydroxylation is 2. The summed E-state index contributed by atoms with van der Waals surface area (Å²) in [7, 11) is 0. The molecule has 1 aromatic heterocycles. The van der Waals surface area contributed by atoms with Crippen LogP contribution in [0.5, 0.6) is 0 Å². The molecule has 0 radical (unpaired) electrons. The predicted molar refractivity (Wildman–Crippen MR) is 71.7 cm³/mol. The summed E-state index contributed by atoms with van der Waals surface area (Å²) in [5.74, 6) is 0.166. The molecular formula is C14H17N3O2. The molecule has 1 heterocycles. The van der Waals surface area contributed by atoms with Crippen molar-refractivity contribution in [2.24, 2.45) is 5.92 Å². The molecule has 1 N–H and O–H groups in total. The second-order valence-corrected chi connectivity index (χ2v) is 4.78. The van der Waals surface area contributed by atoms with Crippen LogP contribution in [-0.2, 0) is 11.2 Å². The van der Waals surface area contributed by atoms with Crippen molar-refractivity contribution in [1.82, 2.24) is 10.3 Å². The Hall–Kier alpha value is -2.17. The van der Waals surface area contributed by atoms with Crippen LogP contribution < -0.4 is 5.32 Å². The van der Waals surface area contributed by atoms with E-state index in [0.29, 0.717) is 17.9 Å². The number of benzene rings is 1. The lowest BCUT2D eigenvalue weighted by atomic mass is 9.99. The summed E-state index contributed by atoms with van der Waals surface area (Å²) >= 11 is 0. The average Bonchev–Trinajstić information content (AvgIpc) is 2.78. The molecule has 1 atom stereocenters. The summed E-state index contributed by atoms with van der Waals surface area (Å²) in [6.07, 6.45) is 0.691. The third kappa shape index (κ3) is 3.40. The first-order valence-electron chi connectivity index (χ1n) is 6.22. The molecule has 0 aliphatic rings. The van der Waals surface area contributed by atoms with Crippen LogP contribution in [0.3, 0.4) is 0 Å². The Balaban J connectivity index is 1.96. The Labute approximate surface area is 112 Å². The molecule has 0 saturated carbocycles. The Morgan fingerprint density at radius 2 is 1.95 bits per heavy atom. The number of hydrogen-bond donors (Lipinski definition) is 1. The number of carbonyl (C=O) groups excluding carboxylic acids is 1. The molecule has 1 amide bonds. The maximum atomic E-state index is 12.0. The van der Waals surface area contributed by atoms with Gasteiger partial charge in [0.15, 0.2) is 5.82 Å². The van der Waals surface area contributed by atoms with Crippen LogP contribution in [0.1, 0.15) is 23.7 Å². The van der Waals surface area contributed by atoms with E-state index in [1.54, 1.807) is 6.92 Å². The fourth-order valence-corrected chi connectivity index (χ4v) is 1.76. The maximum Gasteiger partial charge on any atom is 0.228 e. The normalized spacial score (nSPS) is 12.2. The van der Waals surface area contributed by atoms with Crippen molar-refractivity contribution >= 4 is 11.7 Å². The van der Waals surface area contributed by atoms with Crippen molar-refractivity contribution in [3.8, 4) is 0 Å². The van der Waals surface area contributed by atoms with Crippen molar-refractivity contribution in [3.05, 3.63) is 41.1 Å². The molecule has 0 saturated heterocycles. The fourth-order valence-electron chi connectivity index (χ4n) is 1.76. The molecule has 0 fully saturated rings. The Kier molecular flexibility index (Phi) is 3.94. The molecular weight excluding hydrogens is 242 g/mol. The van der Waals surface area contributed by atoms with E-state index >= 15 is 0 Å². The largest absolute Gasteiger partial charge is 0.306 e. The zero-order chi connectivity index (χ0) is 13.8. The highest BCUT2D eigenvalue weighted by molar-refractivity contribution is 5.91. The van der Waals surface area contributed by atoms with Gasteiger partial charge in [-0.15, -0.1) is 0 Å². The van der Waals surface area contributed by atoms with Crippen molar-refractivity contribution in [1.29, 1.82) is 0 Å². The highest BCUT2D eigenvalue weighted by atomic mass is 16.6. The lowest BCUT2D eigenvalue weighted by molar-refractivity contribution is -0.119. The zero-order valence-corrected chi connectivity index (χ0v) is 11.3. The summed E-state index contributed by atoms with van der Waals surface area (Å²) in [5, 5.41) is 9.98. The molecule has 2 rings (SSSR count). The minimum Gasteiger partial charge on any atom is -0.306 e. The second-order valence-electron chi connectivity index (χ2n) is 4.78. The van der Waals surface area contributed by atoms with E-state index in [1.807, 2.05) is 38.1 Å². The highest BCUT2D eigenvalue weighted by Crippen LogP contribution is 2.13. The van der Waals surface area contributed by atoms with Crippen molar-refractivity contribution in [2.75, 3.05) is 5.32 Å². The summed E-state index contributed by atoms with van der Waals surface area (Å²) in [5.41, 5.74) is 2.93. The third-order valence-electron chi connectivity index (χ3n) is 3.00. The summed E-state index contributed by atoms with van der Waals surface area (Å²) in [6.45, 7) is 5.66. The SMILES string of the molecule is Cc1ccc(CC(C)C(=O)Nc2nonc2C)cc1. The van der Waals surface area contributed by atoms with E-state index in [4.69, 9.17) is 0 Å². The molecule has 1 unspecified atom stereocenters. The van der Waals surface area contributed by atoms with Gasteiger partial charge in [0.05, 0.1) is 0 Å². The minimum atomic E-state index is -0.140. The van der Waals surface area contributed by atoms with Crippen molar-refractivity contribution < 1.29 is 9.42 Å². The maximum absolute atomic E-state index is 12.0. The second kappa shape index (κ2) is 5.65. The van der Waals surface area contributed by atoms with Gasteiger partial charge in [0.1, 0.15) is 5.69 Å². The lowest BCUT2D eigenvalue weighted by Crippen LogP contribution is -2.22. The topological polar surface area (TPSA) is 68.0 Å². The molecule has 0 aliphatic carbocycles. The standard InChI is InChI=1S/C14H17N3O2/c1-9-4-6-12(7-5-9)8-10(2)14(18)15-13-11(3)16-19-17-13/h4-7,10H,8H2,1-3H3,(H,15,17,18). The number of hydrogen-bond acceptors (Lipinski definition) is 4. The number of nitrogens with one attached hydrogen (secondary N) is 1. The van der Waals surface area contributed by atoms with E-state index < -0.39 is 0 Å². The number of nitrogens with zero attached hydrogens (tertiary/aromatic N) is 2. The number of anilines is 1. The lowest BCUT2D eigenvalue weighted by Gasteiger charge is -2.11. The van der Waals surface area contributed by atoms with Gasteiger partial charge >= 0.3 is 0 Å². The van der Waals surface area contributed by atoms with Crippen LogP contribution in [0.15, 0.2) is 28.9 Å². The number of rotatable bonds is 4. The molecule has 5 heteroatoms. The molecule has 0 bridgehead atoms. The number of carbonyl (C=O) groups is 1. The van der Waals surface area contributed by atoms with Crippen molar-refractivity contribution in [2.45, 2.75) is 27.2 Å². The first-order valence-corrected chi connectivity index (χ1v) is 6.22. The molecule has 19 heavy (non-hydrogen) atoms. The van der Waals surface area contributed by atoms with Gasteiger partial charge in [-0.3, -0.25) is 4.79 Å². The van der Waals surface area contributed by atoms with E-state index in [-0.39, 0.29) is 11.8 Å². The highest BCUT2D eigenvalue weighted by Gasteiger charge is 2.16. The Morgan fingerprint density at radius 1 is 1.26 bits per heavy atom. The first kappa shape index (κ1) is 13.3. The van der Waals surface area contributed by atoms with Gasteiger partial charge in [-0.1, -0.05) is 41.9 Å². The van der Waals surface area contributed by atoms with Gasteiger partial charge in [0, 0.05) is 5.92 Å². The first-order chi connectivity index (χ1) is 9.06. The third-order valence-corrected chi connectivity index (χ3v) is 3.00. The van der Waals surface area contributed by atoms with Gasteiger partial charge < -0.3 is 5.32 Å². The summed E-state index contributed by atoms with van der Waals surface area (Å²) in [4.78, 5) is 12.0. The van der Waals surface area contributed by atoms with Gasteiger partial charge in [-0.2, -0.15) is 0 Å². The van der Waals surface area contributed by atoms with Crippen LogP contribution in [0.4, 0.5) is 5.82 Å². The molecule has 0 aliphatic heterocycles. The monoisotopic (exact) mass is 259 g/mol. The molecule has 5 nitrogen and oxygen atoms in total. The van der Waals surface area contributed by atoms with E-state index in [2.05, 4.69) is 20.3 Å². The minimum absolute atomic E-state index is 0.0839. The van der Waals surface area contributed by atoms with Crippen LogP contribution in [-0.4, -0.2) is 16.2 Å². The summed E-state index contributed by atoms with van der Waals surface area (Å²) in [6, 6.07) is 8.18. The Bertz CT molecular complexity index is 560. The van der Waals surface area contributed by atoms with Crippen LogP contribution in [0, 0.1) is 19.8 Å². The van der Waals surface area contributed by atoms with Gasteiger partial charge in [-0.25, -0.2) is 4.63 Å². The van der Waals surface area contributed by atoms with Crippen LogP contribution >= 0.6 is 0 Å². The molecule has 1 aromatic carbocycles. The van der Waals surface area contributed by atoms with Crippen LogP contribution in [0.25, 0.3) is 0 Å². The molecule has 2 aromatic rings. The van der Waals surface area contributed by atoms with Gasteiger partial charge in [-0.05, 0) is 31.0 Å². The Morgan fingerprint density at radius 3 is 2.53 bits per heavy atom. The number of amides is 1. The van der Waals surface area contributed by atoms with E-state index in [0.717, 1.165) is 5.56 Å². The van der Waals surface area contributed by atoms with Crippen LogP contribution in [0.2, 0.25) is 0 Å². The predicted octanol–water partition coefficient (Wildman–Crippen LogP) is 2.50. The summed E-state index contributed by atoms with van der Waals surface area (Å²) < 4.78 is 4.54. The van der Waals surface area contributed by atoms with Crippen molar-refractivity contribution in [3.63, 3.8) is 0 Å². The van der Waals surface area contributed by atoms with Gasteiger partial charge in [0.25, 0.3) is 0 Å². The molecule has 100 valence electrons. The quantitative estimate of drug-likeness (QED) is 0.916. The smallest absolute Gasteiger partial charge is 0.228 e. The molecule has 0 spiro atoms. The average molecular weight is 259 g/mol. The van der Waals surface area contributed by atoms with Gasteiger partial charge in [0.2, 0.25) is 5.91 Å².